The molecule has 0 bridgehead atoms. The van der Waals surface area contributed by atoms with Gasteiger partial charge in [0.25, 0.3) is 0 Å². The maximum Gasteiger partial charge on any atom is 0.128 e. The van der Waals surface area contributed by atoms with Gasteiger partial charge >= 0.3 is 0 Å². The quantitative estimate of drug-likeness (QED) is 0.841. The predicted octanol–water partition coefficient (Wildman–Crippen LogP) is 4.43. The van der Waals surface area contributed by atoms with E-state index >= 15 is 0 Å². The number of imidazole rings is 1. The maximum absolute atomic E-state index is 4.37. The van der Waals surface area contributed by atoms with Crippen LogP contribution < -0.4 is 5.32 Å². The van der Waals surface area contributed by atoms with E-state index in [1.165, 1.54) is 0 Å². The number of nitrogens with zero attached hydrogens (tertiary/aromatic N) is 2. The number of nitrogens with one attached hydrogen (secondary N) is 1. The smallest absolute Gasteiger partial charge is 0.128 e. The maximum atomic E-state index is 4.37. The fourth-order valence-electron chi connectivity index (χ4n) is 1.76. The van der Waals surface area contributed by atoms with Crippen LogP contribution in [-0.4, -0.2) is 9.55 Å². The van der Waals surface area contributed by atoms with Gasteiger partial charge in [0.15, 0.2) is 0 Å². The van der Waals surface area contributed by atoms with Crippen LogP contribution in [0.3, 0.4) is 0 Å². The Balaban J connectivity index is 2.04. The minimum atomic E-state index is 0.729. The van der Waals surface area contributed by atoms with Gasteiger partial charge in [-0.05, 0) is 40.5 Å². The van der Waals surface area contributed by atoms with Crippen molar-refractivity contribution in [3.05, 3.63) is 45.4 Å². The van der Waals surface area contributed by atoms with Crippen molar-refractivity contribution >= 4 is 37.5 Å². The topological polar surface area (TPSA) is 29.9 Å². The summed E-state index contributed by atoms with van der Waals surface area (Å²) in [5.74, 6) is 1.06. The van der Waals surface area contributed by atoms with E-state index in [9.17, 15) is 0 Å². The Morgan fingerprint density at radius 1 is 1.33 bits per heavy atom. The van der Waals surface area contributed by atoms with Crippen LogP contribution >= 0.6 is 31.9 Å². The van der Waals surface area contributed by atoms with Crippen molar-refractivity contribution in [1.29, 1.82) is 0 Å². The molecule has 3 nitrogen and oxygen atoms in total. The van der Waals surface area contributed by atoms with Crippen molar-refractivity contribution in [2.24, 2.45) is 0 Å². The summed E-state index contributed by atoms with van der Waals surface area (Å²) < 4.78 is 4.29. The normalized spacial score (nSPS) is 10.6. The Kier molecular flexibility index (Phi) is 4.83. The van der Waals surface area contributed by atoms with E-state index in [1.807, 2.05) is 30.6 Å². The molecule has 0 saturated heterocycles. The van der Waals surface area contributed by atoms with Crippen LogP contribution in [-0.2, 0) is 13.1 Å². The summed E-state index contributed by atoms with van der Waals surface area (Å²) in [6, 6.07) is 6.09. The molecule has 0 fully saturated rings. The van der Waals surface area contributed by atoms with Crippen LogP contribution in [0.1, 0.15) is 19.2 Å². The highest BCUT2D eigenvalue weighted by molar-refractivity contribution is 9.11. The summed E-state index contributed by atoms with van der Waals surface area (Å²) >= 11 is 6.98. The van der Waals surface area contributed by atoms with E-state index in [1.54, 1.807) is 0 Å². The second kappa shape index (κ2) is 6.38. The highest BCUT2D eigenvalue weighted by atomic mass is 79.9. The molecule has 0 atom stereocenters. The predicted molar refractivity (Wildman–Crippen MR) is 81.7 cm³/mol. The molecule has 0 unspecified atom stereocenters. The first kappa shape index (κ1) is 13.6. The Hall–Kier alpha value is -0.810. The fourth-order valence-corrected chi connectivity index (χ4v) is 2.95. The molecule has 0 saturated carbocycles. The molecule has 1 N–H and O–H groups in total. The lowest BCUT2D eigenvalue weighted by Gasteiger charge is -2.10. The molecule has 0 radical (unpaired) electrons. The zero-order valence-electron chi connectivity index (χ0n) is 10.2. The fraction of sp³-hybridized carbons (Fsp3) is 0.308. The lowest BCUT2D eigenvalue weighted by atomic mass is 10.3. The largest absolute Gasteiger partial charge is 0.377 e. The number of hydrogen-bond donors (Lipinski definition) is 1. The zero-order chi connectivity index (χ0) is 13.0. The number of aromatic nitrogens is 2. The summed E-state index contributed by atoms with van der Waals surface area (Å²) in [7, 11) is 0. The van der Waals surface area contributed by atoms with Crippen LogP contribution in [0.5, 0.6) is 0 Å². The molecular formula is C13H15Br2N3. The lowest BCUT2D eigenvalue weighted by molar-refractivity contribution is 0.644. The van der Waals surface area contributed by atoms with Gasteiger partial charge in [0.05, 0.1) is 6.54 Å². The average Bonchev–Trinajstić information content (AvgIpc) is 2.76. The second-order valence-corrected chi connectivity index (χ2v) is 5.78. The van der Waals surface area contributed by atoms with Crippen molar-refractivity contribution < 1.29 is 0 Å². The molecule has 0 aliphatic carbocycles. The molecular weight excluding hydrogens is 358 g/mol. The minimum Gasteiger partial charge on any atom is -0.377 e. The summed E-state index contributed by atoms with van der Waals surface area (Å²) in [6.07, 6.45) is 4.99. The minimum absolute atomic E-state index is 0.729. The summed E-state index contributed by atoms with van der Waals surface area (Å²) in [6.45, 7) is 3.91. The third-order valence-corrected chi connectivity index (χ3v) is 3.78. The van der Waals surface area contributed by atoms with Crippen LogP contribution in [0.2, 0.25) is 0 Å². The van der Waals surface area contributed by atoms with Crippen molar-refractivity contribution in [3.63, 3.8) is 0 Å². The first-order valence-electron chi connectivity index (χ1n) is 5.89. The molecule has 0 aliphatic heterocycles. The van der Waals surface area contributed by atoms with Gasteiger partial charge in [-0.3, -0.25) is 0 Å². The second-order valence-electron chi connectivity index (χ2n) is 4.01. The number of rotatable bonds is 5. The van der Waals surface area contributed by atoms with Gasteiger partial charge in [-0.15, -0.1) is 0 Å². The molecule has 5 heteroatoms. The van der Waals surface area contributed by atoms with E-state index in [2.05, 4.69) is 53.7 Å². The molecule has 18 heavy (non-hydrogen) atoms. The van der Waals surface area contributed by atoms with E-state index in [4.69, 9.17) is 0 Å². The molecule has 0 spiro atoms. The number of halogens is 2. The van der Waals surface area contributed by atoms with Crippen molar-refractivity contribution in [2.75, 3.05) is 5.32 Å². The monoisotopic (exact) mass is 371 g/mol. The SMILES string of the molecule is CCCn1ccnc1CNc1ccc(Br)cc1Br. The molecule has 96 valence electrons. The van der Waals surface area contributed by atoms with Crippen molar-refractivity contribution in [2.45, 2.75) is 26.4 Å². The average molecular weight is 373 g/mol. The van der Waals surface area contributed by atoms with Crippen LogP contribution in [0, 0.1) is 0 Å². The zero-order valence-corrected chi connectivity index (χ0v) is 13.3. The Morgan fingerprint density at radius 3 is 2.89 bits per heavy atom. The van der Waals surface area contributed by atoms with Gasteiger partial charge < -0.3 is 9.88 Å². The van der Waals surface area contributed by atoms with Gasteiger partial charge in [-0.2, -0.15) is 0 Å². The van der Waals surface area contributed by atoms with E-state index in [-0.39, 0.29) is 0 Å². The molecule has 1 aromatic heterocycles. The van der Waals surface area contributed by atoms with Crippen LogP contribution in [0.15, 0.2) is 39.5 Å². The first-order chi connectivity index (χ1) is 8.70. The molecule has 1 aromatic carbocycles. The number of benzene rings is 1. The number of hydrogen-bond acceptors (Lipinski definition) is 2. The summed E-state index contributed by atoms with van der Waals surface area (Å²) in [4.78, 5) is 4.37. The van der Waals surface area contributed by atoms with Gasteiger partial charge in [0.1, 0.15) is 5.82 Å². The third kappa shape index (κ3) is 3.36. The van der Waals surface area contributed by atoms with Gasteiger partial charge in [-0.1, -0.05) is 22.9 Å². The van der Waals surface area contributed by atoms with Crippen LogP contribution in [0.4, 0.5) is 5.69 Å². The van der Waals surface area contributed by atoms with Gasteiger partial charge in [0.2, 0.25) is 0 Å². The first-order valence-corrected chi connectivity index (χ1v) is 7.48. The highest BCUT2D eigenvalue weighted by Gasteiger charge is 2.04. The summed E-state index contributed by atoms with van der Waals surface area (Å²) in [5.41, 5.74) is 1.07. The summed E-state index contributed by atoms with van der Waals surface area (Å²) in [5, 5.41) is 3.39. The molecule has 1 heterocycles. The number of anilines is 1. The molecule has 0 aliphatic rings. The number of aryl methyl sites for hydroxylation is 1. The highest BCUT2D eigenvalue weighted by Crippen LogP contribution is 2.26. The van der Waals surface area contributed by atoms with Gasteiger partial charge in [-0.25, -0.2) is 4.98 Å². The van der Waals surface area contributed by atoms with Crippen molar-refractivity contribution in [1.82, 2.24) is 9.55 Å². The van der Waals surface area contributed by atoms with Gasteiger partial charge in [0, 0.05) is 33.6 Å². The van der Waals surface area contributed by atoms with Crippen LogP contribution in [0.25, 0.3) is 0 Å². The Morgan fingerprint density at radius 2 is 2.17 bits per heavy atom. The Labute approximate surface area is 124 Å². The standard InChI is InChI=1S/C13H15Br2N3/c1-2-6-18-7-5-16-13(18)9-17-12-4-3-10(14)8-11(12)15/h3-5,7-8,17H,2,6,9H2,1H3. The Bertz CT molecular complexity index is 523. The van der Waals surface area contributed by atoms with E-state index in [0.29, 0.717) is 0 Å². The van der Waals surface area contributed by atoms with E-state index in [0.717, 1.165) is 40.0 Å². The van der Waals surface area contributed by atoms with E-state index < -0.39 is 0 Å². The third-order valence-electron chi connectivity index (χ3n) is 2.63. The molecule has 2 aromatic rings. The molecule has 2 rings (SSSR count). The molecule has 0 amide bonds. The lowest BCUT2D eigenvalue weighted by Crippen LogP contribution is -2.08. The van der Waals surface area contributed by atoms with Crippen molar-refractivity contribution in [3.8, 4) is 0 Å².